The summed E-state index contributed by atoms with van der Waals surface area (Å²) in [5.41, 5.74) is 1.94. The lowest BCUT2D eigenvalue weighted by Crippen LogP contribution is -2.34. The Bertz CT molecular complexity index is 594. The van der Waals surface area contributed by atoms with E-state index in [-0.39, 0.29) is 12.1 Å². The molecule has 1 aliphatic heterocycles. The average molecular weight is 275 g/mol. The second-order valence-corrected chi connectivity index (χ2v) is 5.51. The topological polar surface area (TPSA) is 63.5 Å². The van der Waals surface area contributed by atoms with E-state index in [1.807, 2.05) is 10.6 Å². The molecule has 1 fully saturated rings. The van der Waals surface area contributed by atoms with Gasteiger partial charge in [-0.1, -0.05) is 13.8 Å². The molecule has 6 heteroatoms. The fourth-order valence-electron chi connectivity index (χ4n) is 2.57. The molecule has 2 aromatic heterocycles. The molecule has 0 radical (unpaired) electrons. The maximum absolute atomic E-state index is 5.50. The summed E-state index contributed by atoms with van der Waals surface area (Å²) in [5, 5.41) is 11.2. The molecule has 2 atom stereocenters. The number of hydrogen-bond acceptors (Lipinski definition) is 5. The van der Waals surface area contributed by atoms with Crippen molar-refractivity contribution in [1.29, 1.82) is 0 Å². The van der Waals surface area contributed by atoms with E-state index in [4.69, 9.17) is 4.74 Å². The zero-order chi connectivity index (χ0) is 14.1. The Balaban J connectivity index is 1.95. The fraction of sp³-hybridized carbons (Fsp3) is 0.571. The van der Waals surface area contributed by atoms with Crippen molar-refractivity contribution in [3.63, 3.8) is 0 Å². The highest BCUT2D eigenvalue weighted by Crippen LogP contribution is 2.20. The maximum atomic E-state index is 5.50. The second-order valence-electron chi connectivity index (χ2n) is 5.51. The van der Waals surface area contributed by atoms with E-state index in [2.05, 4.69) is 40.6 Å². The van der Waals surface area contributed by atoms with Crippen molar-refractivity contribution in [2.24, 2.45) is 0 Å². The highest BCUT2D eigenvalue weighted by molar-refractivity contribution is 5.50. The van der Waals surface area contributed by atoms with Crippen LogP contribution in [0, 0.1) is 0 Å². The first kappa shape index (κ1) is 13.3. The standard InChI is InChI=1S/C14H21N5O/c1-9(2)10-6-14(19-13(17-10)4-5-16-19)18-11-7-15-8-12(11)20-3/h4-6,9,11-12,15,18H,7-8H2,1-3H3/t11-,12-/m0/s1. The van der Waals surface area contributed by atoms with Gasteiger partial charge in [0.05, 0.1) is 18.3 Å². The van der Waals surface area contributed by atoms with E-state index < -0.39 is 0 Å². The molecule has 108 valence electrons. The van der Waals surface area contributed by atoms with Crippen molar-refractivity contribution in [3.05, 3.63) is 24.0 Å². The molecule has 0 amide bonds. The van der Waals surface area contributed by atoms with Gasteiger partial charge in [0.25, 0.3) is 0 Å². The molecule has 0 saturated carbocycles. The third-order valence-corrected chi connectivity index (χ3v) is 3.77. The third kappa shape index (κ3) is 2.36. The van der Waals surface area contributed by atoms with Crippen LogP contribution in [0.4, 0.5) is 5.82 Å². The molecule has 3 heterocycles. The van der Waals surface area contributed by atoms with E-state index in [0.717, 1.165) is 30.2 Å². The highest BCUT2D eigenvalue weighted by atomic mass is 16.5. The molecule has 3 rings (SSSR count). The van der Waals surface area contributed by atoms with Crippen LogP contribution < -0.4 is 10.6 Å². The van der Waals surface area contributed by atoms with Crippen LogP contribution in [0.15, 0.2) is 18.3 Å². The number of nitrogens with zero attached hydrogens (tertiary/aromatic N) is 3. The van der Waals surface area contributed by atoms with Gasteiger partial charge >= 0.3 is 0 Å². The zero-order valence-electron chi connectivity index (χ0n) is 12.1. The molecular formula is C14H21N5O. The van der Waals surface area contributed by atoms with Crippen molar-refractivity contribution in [2.75, 3.05) is 25.5 Å². The monoisotopic (exact) mass is 275 g/mol. The molecule has 0 bridgehead atoms. The van der Waals surface area contributed by atoms with E-state index in [9.17, 15) is 0 Å². The summed E-state index contributed by atoms with van der Waals surface area (Å²) < 4.78 is 7.34. The quantitative estimate of drug-likeness (QED) is 0.879. The zero-order valence-corrected chi connectivity index (χ0v) is 12.1. The van der Waals surface area contributed by atoms with Gasteiger partial charge in [-0.3, -0.25) is 0 Å². The van der Waals surface area contributed by atoms with Crippen LogP contribution in [0.2, 0.25) is 0 Å². The predicted octanol–water partition coefficient (Wildman–Crippen LogP) is 1.25. The van der Waals surface area contributed by atoms with Crippen molar-refractivity contribution < 1.29 is 4.74 Å². The van der Waals surface area contributed by atoms with Crippen LogP contribution in [0.1, 0.15) is 25.5 Å². The van der Waals surface area contributed by atoms with Gasteiger partial charge < -0.3 is 15.4 Å². The Labute approximate surface area is 118 Å². The first-order chi connectivity index (χ1) is 9.69. The molecule has 2 aromatic rings. The van der Waals surface area contributed by atoms with Crippen LogP contribution in [0.5, 0.6) is 0 Å². The Kier molecular flexibility index (Phi) is 3.58. The smallest absolute Gasteiger partial charge is 0.157 e. The number of nitrogens with one attached hydrogen (secondary N) is 2. The van der Waals surface area contributed by atoms with Gasteiger partial charge in [0.15, 0.2) is 5.65 Å². The number of aromatic nitrogens is 3. The molecule has 0 aliphatic carbocycles. The summed E-state index contributed by atoms with van der Waals surface area (Å²) in [6.07, 6.45) is 1.95. The minimum absolute atomic E-state index is 0.177. The average Bonchev–Trinajstić information content (AvgIpc) is 3.06. The van der Waals surface area contributed by atoms with Gasteiger partial charge in [-0.2, -0.15) is 9.61 Å². The van der Waals surface area contributed by atoms with E-state index >= 15 is 0 Å². The molecular weight excluding hydrogens is 254 g/mol. The Morgan fingerprint density at radius 1 is 1.45 bits per heavy atom. The minimum atomic E-state index is 0.177. The van der Waals surface area contributed by atoms with Crippen LogP contribution in [0.25, 0.3) is 5.65 Å². The van der Waals surface area contributed by atoms with Gasteiger partial charge in [0, 0.05) is 38.0 Å². The molecule has 0 spiro atoms. The molecule has 20 heavy (non-hydrogen) atoms. The minimum Gasteiger partial charge on any atom is -0.378 e. The van der Waals surface area contributed by atoms with Crippen LogP contribution in [-0.4, -0.2) is 46.9 Å². The van der Waals surface area contributed by atoms with Crippen LogP contribution in [0.3, 0.4) is 0 Å². The number of rotatable bonds is 4. The van der Waals surface area contributed by atoms with Gasteiger partial charge in [0.2, 0.25) is 0 Å². The molecule has 1 saturated heterocycles. The number of ether oxygens (including phenoxy) is 1. The summed E-state index contributed by atoms with van der Waals surface area (Å²) >= 11 is 0. The van der Waals surface area contributed by atoms with Crippen LogP contribution in [-0.2, 0) is 4.74 Å². The first-order valence-corrected chi connectivity index (χ1v) is 7.03. The Hall–Kier alpha value is -1.66. The van der Waals surface area contributed by atoms with Gasteiger partial charge in [-0.15, -0.1) is 0 Å². The summed E-state index contributed by atoms with van der Waals surface area (Å²) in [5.74, 6) is 1.36. The maximum Gasteiger partial charge on any atom is 0.157 e. The van der Waals surface area contributed by atoms with Crippen molar-refractivity contribution in [3.8, 4) is 0 Å². The molecule has 1 aliphatic rings. The van der Waals surface area contributed by atoms with E-state index in [0.29, 0.717) is 5.92 Å². The van der Waals surface area contributed by atoms with Crippen molar-refractivity contribution >= 4 is 11.5 Å². The number of fused-ring (bicyclic) bond motifs is 1. The molecule has 6 nitrogen and oxygen atoms in total. The number of anilines is 1. The lowest BCUT2D eigenvalue weighted by molar-refractivity contribution is 0.111. The summed E-state index contributed by atoms with van der Waals surface area (Å²) in [6, 6.07) is 4.25. The second kappa shape index (κ2) is 5.38. The summed E-state index contributed by atoms with van der Waals surface area (Å²) in [6.45, 7) is 6.06. The number of methoxy groups -OCH3 is 1. The van der Waals surface area contributed by atoms with Gasteiger partial charge in [-0.25, -0.2) is 4.98 Å². The van der Waals surface area contributed by atoms with Gasteiger partial charge in [-0.05, 0) is 5.92 Å². The molecule has 0 aromatic carbocycles. The van der Waals surface area contributed by atoms with Crippen LogP contribution >= 0.6 is 0 Å². The lowest BCUT2D eigenvalue weighted by atomic mass is 10.1. The van der Waals surface area contributed by atoms with E-state index in [1.54, 1.807) is 13.3 Å². The largest absolute Gasteiger partial charge is 0.378 e. The summed E-state index contributed by atoms with van der Waals surface area (Å²) in [7, 11) is 1.75. The fourth-order valence-corrected chi connectivity index (χ4v) is 2.57. The summed E-state index contributed by atoms with van der Waals surface area (Å²) in [4.78, 5) is 4.62. The van der Waals surface area contributed by atoms with Crippen molar-refractivity contribution in [1.82, 2.24) is 19.9 Å². The normalized spacial score (nSPS) is 22.8. The lowest BCUT2D eigenvalue weighted by Gasteiger charge is -2.21. The molecule has 0 unspecified atom stereocenters. The SMILES string of the molecule is CO[C@H]1CNC[C@@H]1Nc1cc(C(C)C)nc2ccnn12. The van der Waals surface area contributed by atoms with Gasteiger partial charge in [0.1, 0.15) is 5.82 Å². The first-order valence-electron chi connectivity index (χ1n) is 7.03. The number of hydrogen-bond donors (Lipinski definition) is 2. The Morgan fingerprint density at radius 2 is 2.30 bits per heavy atom. The predicted molar refractivity (Wildman–Crippen MR) is 78.2 cm³/mol. The van der Waals surface area contributed by atoms with E-state index in [1.165, 1.54) is 0 Å². The molecule has 2 N–H and O–H groups in total. The highest BCUT2D eigenvalue weighted by Gasteiger charge is 2.27. The third-order valence-electron chi connectivity index (χ3n) is 3.77. The van der Waals surface area contributed by atoms with Crippen molar-refractivity contribution in [2.45, 2.75) is 31.9 Å². The Morgan fingerprint density at radius 3 is 3.05 bits per heavy atom.